The number of hydrogen-bond donors (Lipinski definition) is 1. The molecule has 0 aliphatic carbocycles. The molecule has 0 saturated carbocycles. The molecule has 1 heterocycles. The van der Waals surface area contributed by atoms with Crippen molar-refractivity contribution in [3.05, 3.63) is 6.20 Å². The molecule has 2 N–H and O–H groups in total. The number of rotatable bonds is 2. The normalized spacial score (nSPS) is 8.17. The molecule has 12 heavy (non-hydrogen) atoms. The van der Waals surface area contributed by atoms with Gasteiger partial charge in [-0.3, -0.25) is 0 Å². The van der Waals surface area contributed by atoms with Crippen molar-refractivity contribution in [1.82, 2.24) is 9.66 Å². The summed E-state index contributed by atoms with van der Waals surface area (Å²) in [5, 5.41) is 16.2. The summed E-state index contributed by atoms with van der Waals surface area (Å²) < 4.78 is 9.55. The van der Waals surface area contributed by atoms with E-state index in [4.69, 9.17) is 16.4 Å². The number of aromatic nitrogens is 2. The lowest BCUT2D eigenvalue weighted by atomic mass is 10.8. The molecule has 7 nitrogen and oxygen atoms in total. The largest absolute Gasteiger partial charge is 0.365 e. The minimum atomic E-state index is -0.136. The summed E-state index contributed by atoms with van der Waals surface area (Å²) in [7, 11) is 0. The van der Waals surface area contributed by atoms with Crippen LogP contribution in [0.15, 0.2) is 6.20 Å². The summed E-state index contributed by atoms with van der Waals surface area (Å²) in [6.45, 7) is 0. The van der Waals surface area contributed by atoms with Crippen LogP contribution in [0.5, 0.6) is 11.9 Å². The Balaban J connectivity index is 2.88. The van der Waals surface area contributed by atoms with E-state index in [9.17, 15) is 0 Å². The lowest BCUT2D eigenvalue weighted by Crippen LogP contribution is -2.07. The number of hydrogen-bond acceptors (Lipinski definition) is 6. The van der Waals surface area contributed by atoms with Gasteiger partial charge >= 0.3 is 6.01 Å². The Morgan fingerprint density at radius 1 is 1.42 bits per heavy atom. The molecular weight excluding hydrogens is 162 g/mol. The first kappa shape index (κ1) is 7.69. The fourth-order valence-electron chi connectivity index (χ4n) is 0.567. The molecule has 0 aliphatic heterocycles. The molecule has 7 heteroatoms. The van der Waals surface area contributed by atoms with Crippen molar-refractivity contribution in [3.8, 4) is 24.4 Å². The quantitative estimate of drug-likeness (QED) is 0.459. The highest BCUT2D eigenvalue weighted by Crippen LogP contribution is 2.13. The van der Waals surface area contributed by atoms with Crippen molar-refractivity contribution in [1.29, 1.82) is 10.5 Å². The average molecular weight is 165 g/mol. The van der Waals surface area contributed by atoms with Gasteiger partial charge in [0.1, 0.15) is 0 Å². The molecule has 0 bridgehead atoms. The predicted molar refractivity (Wildman–Crippen MR) is 34.9 cm³/mol. The van der Waals surface area contributed by atoms with Gasteiger partial charge in [-0.2, -0.15) is 4.98 Å². The van der Waals surface area contributed by atoms with Gasteiger partial charge in [-0.15, -0.1) is 10.5 Å². The second-order valence-corrected chi connectivity index (χ2v) is 1.66. The standard InChI is InChI=1S/C5H3N5O2/c6-2-11-4-1-10(8)5(9-4)12-3-7/h1H,8H2. The van der Waals surface area contributed by atoms with Gasteiger partial charge in [-0.1, -0.05) is 0 Å². The van der Waals surface area contributed by atoms with Crippen molar-refractivity contribution in [3.63, 3.8) is 0 Å². The first-order valence-electron chi connectivity index (χ1n) is 2.74. The Hall–Kier alpha value is -2.41. The Morgan fingerprint density at radius 2 is 2.08 bits per heavy atom. The third-order valence-corrected chi connectivity index (χ3v) is 0.963. The monoisotopic (exact) mass is 165 g/mol. The van der Waals surface area contributed by atoms with Gasteiger partial charge in [0.25, 0.3) is 18.4 Å². The maximum atomic E-state index is 8.10. The Bertz CT molecular complexity index is 357. The van der Waals surface area contributed by atoms with E-state index in [1.54, 1.807) is 0 Å². The van der Waals surface area contributed by atoms with E-state index in [2.05, 4.69) is 14.5 Å². The zero-order chi connectivity index (χ0) is 8.97. The number of ether oxygens (including phenoxy) is 2. The molecule has 0 atom stereocenters. The molecule has 0 aliphatic rings. The van der Waals surface area contributed by atoms with Crippen LogP contribution >= 0.6 is 0 Å². The molecule has 0 unspecified atom stereocenters. The zero-order valence-corrected chi connectivity index (χ0v) is 5.76. The Labute approximate surface area is 67.1 Å². The molecule has 0 radical (unpaired) electrons. The minimum Gasteiger partial charge on any atom is -0.365 e. The maximum Gasteiger partial charge on any atom is 0.334 e. The van der Waals surface area contributed by atoms with Crippen LogP contribution in [0.3, 0.4) is 0 Å². The van der Waals surface area contributed by atoms with E-state index in [0.717, 1.165) is 4.68 Å². The molecule has 0 saturated heterocycles. The van der Waals surface area contributed by atoms with E-state index in [1.807, 2.05) is 0 Å². The molecule has 1 aromatic heterocycles. The molecule has 0 spiro atoms. The van der Waals surface area contributed by atoms with E-state index in [1.165, 1.54) is 18.7 Å². The molecule has 0 fully saturated rings. The van der Waals surface area contributed by atoms with Crippen LogP contribution in [0.4, 0.5) is 0 Å². The number of imidazole rings is 1. The molecular formula is C5H3N5O2. The lowest BCUT2D eigenvalue weighted by Gasteiger charge is -1.91. The van der Waals surface area contributed by atoms with E-state index in [0.29, 0.717) is 0 Å². The van der Waals surface area contributed by atoms with Crippen molar-refractivity contribution in [2.24, 2.45) is 0 Å². The first-order valence-corrected chi connectivity index (χ1v) is 2.74. The van der Waals surface area contributed by atoms with Crippen LogP contribution in [0.2, 0.25) is 0 Å². The summed E-state index contributed by atoms with van der Waals surface area (Å²) in [4.78, 5) is 3.54. The lowest BCUT2D eigenvalue weighted by molar-refractivity contribution is 0.441. The fourth-order valence-corrected chi connectivity index (χ4v) is 0.567. The van der Waals surface area contributed by atoms with Crippen molar-refractivity contribution in [2.45, 2.75) is 0 Å². The summed E-state index contributed by atoms with van der Waals surface area (Å²) in [6, 6.07) is -0.136. The van der Waals surface area contributed by atoms with Gasteiger partial charge in [-0.05, 0) is 0 Å². The van der Waals surface area contributed by atoms with Gasteiger partial charge in [-0.25, -0.2) is 4.68 Å². The third-order valence-electron chi connectivity index (χ3n) is 0.963. The SMILES string of the molecule is N#COc1cn(N)c(OC#N)n1. The molecule has 1 aromatic rings. The summed E-state index contributed by atoms with van der Waals surface area (Å²) in [5.74, 6) is 5.22. The molecule has 0 aromatic carbocycles. The third kappa shape index (κ3) is 1.36. The Morgan fingerprint density at radius 3 is 2.67 bits per heavy atom. The summed E-state index contributed by atoms with van der Waals surface area (Å²) >= 11 is 0. The maximum absolute atomic E-state index is 8.10. The number of nitrogens with zero attached hydrogens (tertiary/aromatic N) is 4. The second-order valence-electron chi connectivity index (χ2n) is 1.66. The Kier molecular flexibility index (Phi) is 2.00. The second kappa shape index (κ2) is 3.12. The fraction of sp³-hybridized carbons (Fsp3) is 0. The van der Waals surface area contributed by atoms with E-state index < -0.39 is 0 Å². The van der Waals surface area contributed by atoms with E-state index >= 15 is 0 Å². The van der Waals surface area contributed by atoms with Crippen LogP contribution in [-0.2, 0) is 0 Å². The highest BCUT2D eigenvalue weighted by Gasteiger charge is 2.07. The van der Waals surface area contributed by atoms with Gasteiger partial charge in [0.05, 0.1) is 6.20 Å². The van der Waals surface area contributed by atoms with Crippen LogP contribution in [0.25, 0.3) is 0 Å². The summed E-state index contributed by atoms with van der Waals surface area (Å²) in [6.07, 6.45) is 3.98. The van der Waals surface area contributed by atoms with Crippen LogP contribution in [-0.4, -0.2) is 9.66 Å². The van der Waals surface area contributed by atoms with Crippen LogP contribution in [0.1, 0.15) is 0 Å². The van der Waals surface area contributed by atoms with Gasteiger partial charge in [0.2, 0.25) is 0 Å². The van der Waals surface area contributed by atoms with Crippen LogP contribution < -0.4 is 15.3 Å². The average Bonchev–Trinajstić information content (AvgIpc) is 2.34. The summed E-state index contributed by atoms with van der Waals surface area (Å²) in [5.41, 5.74) is 0. The molecule has 0 amide bonds. The highest BCUT2D eigenvalue weighted by molar-refractivity contribution is 5.15. The van der Waals surface area contributed by atoms with Crippen molar-refractivity contribution >= 4 is 0 Å². The van der Waals surface area contributed by atoms with Gasteiger partial charge < -0.3 is 15.3 Å². The van der Waals surface area contributed by atoms with E-state index in [-0.39, 0.29) is 11.9 Å². The van der Waals surface area contributed by atoms with Gasteiger partial charge in [0, 0.05) is 0 Å². The zero-order valence-electron chi connectivity index (χ0n) is 5.76. The molecule has 60 valence electrons. The number of nitrogen functional groups attached to an aromatic ring is 1. The molecule has 1 rings (SSSR count). The van der Waals surface area contributed by atoms with Crippen molar-refractivity contribution in [2.75, 3.05) is 5.84 Å². The predicted octanol–water partition coefficient (Wildman–Crippen LogP) is -0.683. The minimum absolute atomic E-state index is 0.0229. The first-order chi connectivity index (χ1) is 5.77. The van der Waals surface area contributed by atoms with Crippen LogP contribution in [0, 0.1) is 23.0 Å². The van der Waals surface area contributed by atoms with Crippen molar-refractivity contribution < 1.29 is 9.47 Å². The topological polar surface area (TPSA) is 110 Å². The van der Waals surface area contributed by atoms with Gasteiger partial charge in [0.15, 0.2) is 0 Å². The highest BCUT2D eigenvalue weighted by atomic mass is 16.5. The smallest absolute Gasteiger partial charge is 0.334 e. The number of nitriles is 2. The number of nitrogens with two attached hydrogens (primary N) is 1.